The number of hydrogen-bond donors (Lipinski definition) is 1. The van der Waals surface area contributed by atoms with Crippen molar-refractivity contribution in [3.05, 3.63) is 63.5 Å². The largest absolute Gasteiger partial charge is 0.618 e. The second-order valence-electron chi connectivity index (χ2n) is 4.79. The molecule has 2 heterocycles. The van der Waals surface area contributed by atoms with Gasteiger partial charge >= 0.3 is 0 Å². The van der Waals surface area contributed by atoms with E-state index in [2.05, 4.69) is 0 Å². The maximum atomic E-state index is 11.9. The van der Waals surface area contributed by atoms with Crippen LogP contribution in [0.4, 0.5) is 0 Å². The van der Waals surface area contributed by atoms with E-state index in [0.717, 1.165) is 20.7 Å². The molecule has 2 aromatic heterocycles. The van der Waals surface area contributed by atoms with Crippen molar-refractivity contribution in [3.63, 3.8) is 0 Å². The van der Waals surface area contributed by atoms with Crippen molar-refractivity contribution in [2.75, 3.05) is 0 Å². The fourth-order valence-corrected chi connectivity index (χ4v) is 2.89. The molecule has 0 saturated heterocycles. The van der Waals surface area contributed by atoms with Crippen molar-refractivity contribution in [1.82, 2.24) is 0 Å². The molecule has 0 bridgehead atoms. The summed E-state index contributed by atoms with van der Waals surface area (Å²) in [7, 11) is 0. The highest BCUT2D eigenvalue weighted by atomic mass is 32.1. The Labute approximate surface area is 117 Å². The Morgan fingerprint density at radius 2 is 2.16 bits per heavy atom. The van der Waals surface area contributed by atoms with E-state index in [0.29, 0.717) is 5.69 Å². The number of aromatic nitrogens is 1. The Morgan fingerprint density at radius 1 is 1.42 bits per heavy atom. The third-order valence-corrected chi connectivity index (χ3v) is 3.74. The van der Waals surface area contributed by atoms with E-state index in [4.69, 9.17) is 0 Å². The van der Waals surface area contributed by atoms with Crippen LogP contribution in [0.1, 0.15) is 35.9 Å². The standard InChI is InChI=1S/C15H17NO2S/c1-10(2)8-12(13-9-11(3)19-15(13)17)14-6-4-5-7-16(14)18/h4-9,12,17H,1-3H3. The molecule has 0 aromatic carbocycles. The van der Waals surface area contributed by atoms with Crippen LogP contribution in [0, 0.1) is 12.1 Å². The van der Waals surface area contributed by atoms with Gasteiger partial charge in [0.1, 0.15) is 0 Å². The van der Waals surface area contributed by atoms with Crippen LogP contribution < -0.4 is 4.73 Å². The summed E-state index contributed by atoms with van der Waals surface area (Å²) in [5.41, 5.74) is 2.52. The fourth-order valence-electron chi connectivity index (χ4n) is 2.09. The minimum Gasteiger partial charge on any atom is -0.618 e. The van der Waals surface area contributed by atoms with Crippen LogP contribution in [0.3, 0.4) is 0 Å². The summed E-state index contributed by atoms with van der Waals surface area (Å²) in [6.07, 6.45) is 3.49. The molecule has 0 aliphatic rings. The van der Waals surface area contributed by atoms with Gasteiger partial charge in [0.2, 0.25) is 5.69 Å². The minimum atomic E-state index is -0.214. The molecule has 100 valence electrons. The molecule has 3 nitrogen and oxygen atoms in total. The van der Waals surface area contributed by atoms with Gasteiger partial charge in [-0.1, -0.05) is 11.6 Å². The first-order chi connectivity index (χ1) is 8.99. The number of aryl methyl sites for hydroxylation is 1. The maximum Gasteiger partial charge on any atom is 0.204 e. The molecule has 2 aromatic rings. The number of rotatable bonds is 3. The predicted molar refractivity (Wildman–Crippen MR) is 77.4 cm³/mol. The van der Waals surface area contributed by atoms with Crippen molar-refractivity contribution < 1.29 is 9.84 Å². The normalized spacial score (nSPS) is 12.2. The summed E-state index contributed by atoms with van der Waals surface area (Å²) < 4.78 is 0.858. The first-order valence-corrected chi connectivity index (χ1v) is 6.93. The molecule has 0 aliphatic heterocycles. The molecule has 0 amide bonds. The molecule has 0 aliphatic carbocycles. The van der Waals surface area contributed by atoms with E-state index in [9.17, 15) is 10.3 Å². The van der Waals surface area contributed by atoms with Gasteiger partial charge in [-0.2, -0.15) is 4.73 Å². The predicted octanol–water partition coefficient (Wildman–Crippen LogP) is 3.49. The van der Waals surface area contributed by atoms with Crippen molar-refractivity contribution >= 4 is 11.3 Å². The quantitative estimate of drug-likeness (QED) is 0.529. The number of thiophene rings is 1. The molecule has 2 rings (SSSR count). The lowest BCUT2D eigenvalue weighted by Gasteiger charge is -2.13. The molecule has 1 unspecified atom stereocenters. The molecule has 1 atom stereocenters. The lowest BCUT2D eigenvalue weighted by molar-refractivity contribution is -0.614. The van der Waals surface area contributed by atoms with E-state index in [1.54, 1.807) is 12.1 Å². The zero-order valence-corrected chi connectivity index (χ0v) is 12.1. The van der Waals surface area contributed by atoms with E-state index in [1.807, 2.05) is 39.0 Å². The highest BCUT2D eigenvalue weighted by molar-refractivity contribution is 7.13. The van der Waals surface area contributed by atoms with Gasteiger partial charge < -0.3 is 10.3 Å². The van der Waals surface area contributed by atoms with Crippen molar-refractivity contribution in [1.29, 1.82) is 0 Å². The van der Waals surface area contributed by atoms with Crippen LogP contribution in [-0.4, -0.2) is 5.11 Å². The molecule has 0 spiro atoms. The van der Waals surface area contributed by atoms with E-state index < -0.39 is 0 Å². The summed E-state index contributed by atoms with van der Waals surface area (Å²) in [6, 6.07) is 7.28. The van der Waals surface area contributed by atoms with Gasteiger partial charge in [-0.3, -0.25) is 0 Å². The summed E-state index contributed by atoms with van der Waals surface area (Å²) in [5, 5.41) is 22.3. The van der Waals surface area contributed by atoms with Gasteiger partial charge in [-0.15, -0.1) is 11.3 Å². The Bertz CT molecular complexity index is 612. The zero-order valence-electron chi connectivity index (χ0n) is 11.3. The number of pyridine rings is 1. The van der Waals surface area contributed by atoms with Gasteiger partial charge in [-0.05, 0) is 32.9 Å². The van der Waals surface area contributed by atoms with Crippen LogP contribution in [0.2, 0.25) is 0 Å². The van der Waals surface area contributed by atoms with Crippen LogP contribution in [0.25, 0.3) is 0 Å². The Balaban J connectivity index is 2.58. The average Bonchev–Trinajstić information content (AvgIpc) is 2.66. The molecule has 0 saturated carbocycles. The molecule has 1 N–H and O–H groups in total. The minimum absolute atomic E-state index is 0.214. The lowest BCUT2D eigenvalue weighted by atomic mass is 9.94. The third-order valence-electron chi connectivity index (χ3n) is 2.87. The van der Waals surface area contributed by atoms with Crippen LogP contribution in [0.5, 0.6) is 5.06 Å². The molecule has 4 heteroatoms. The van der Waals surface area contributed by atoms with Gasteiger partial charge in [0.25, 0.3) is 0 Å². The second kappa shape index (κ2) is 5.45. The van der Waals surface area contributed by atoms with E-state index in [1.165, 1.54) is 17.5 Å². The first-order valence-electron chi connectivity index (χ1n) is 6.11. The first kappa shape index (κ1) is 13.6. The van der Waals surface area contributed by atoms with Crippen LogP contribution >= 0.6 is 11.3 Å². The topological polar surface area (TPSA) is 47.2 Å². The zero-order chi connectivity index (χ0) is 14.0. The summed E-state index contributed by atoms with van der Waals surface area (Å²) in [4.78, 5) is 1.04. The lowest BCUT2D eigenvalue weighted by Crippen LogP contribution is -2.32. The number of nitrogens with zero attached hydrogens (tertiary/aromatic N) is 1. The smallest absolute Gasteiger partial charge is 0.204 e. The molecule has 19 heavy (non-hydrogen) atoms. The summed E-state index contributed by atoms with van der Waals surface area (Å²) in [6.45, 7) is 5.92. The Morgan fingerprint density at radius 3 is 2.68 bits per heavy atom. The van der Waals surface area contributed by atoms with Gasteiger partial charge in [0.15, 0.2) is 11.3 Å². The monoisotopic (exact) mass is 275 g/mol. The van der Waals surface area contributed by atoms with Gasteiger partial charge in [0.05, 0.1) is 5.92 Å². The molecular formula is C15H17NO2S. The van der Waals surface area contributed by atoms with Gasteiger partial charge in [-0.25, -0.2) is 0 Å². The fraction of sp³-hybridized carbons (Fsp3) is 0.267. The van der Waals surface area contributed by atoms with E-state index >= 15 is 0 Å². The highest BCUT2D eigenvalue weighted by Crippen LogP contribution is 2.37. The average molecular weight is 275 g/mol. The highest BCUT2D eigenvalue weighted by Gasteiger charge is 2.23. The van der Waals surface area contributed by atoms with Crippen molar-refractivity contribution in [2.24, 2.45) is 0 Å². The summed E-state index contributed by atoms with van der Waals surface area (Å²) in [5.74, 6) is -0.214. The van der Waals surface area contributed by atoms with Crippen molar-refractivity contribution in [2.45, 2.75) is 26.7 Å². The van der Waals surface area contributed by atoms with Crippen molar-refractivity contribution in [3.8, 4) is 5.06 Å². The molecule has 0 radical (unpaired) electrons. The second-order valence-corrected chi connectivity index (χ2v) is 6.03. The Kier molecular flexibility index (Phi) is 3.90. The Hall–Kier alpha value is -1.81. The molecule has 0 fully saturated rings. The summed E-state index contributed by atoms with van der Waals surface area (Å²) >= 11 is 1.34. The maximum absolute atomic E-state index is 11.9. The SMILES string of the molecule is CC(C)=CC(c1cc(C)sc1O)c1cccc[n+]1[O-]. The number of allylic oxidation sites excluding steroid dienone is 2. The van der Waals surface area contributed by atoms with Crippen LogP contribution in [-0.2, 0) is 0 Å². The third kappa shape index (κ3) is 2.96. The van der Waals surface area contributed by atoms with Gasteiger partial charge in [0, 0.05) is 22.6 Å². The number of hydrogen-bond acceptors (Lipinski definition) is 3. The van der Waals surface area contributed by atoms with Crippen LogP contribution in [0.15, 0.2) is 42.1 Å². The van der Waals surface area contributed by atoms with E-state index in [-0.39, 0.29) is 11.0 Å². The molecular weight excluding hydrogens is 258 g/mol. The number of aromatic hydroxyl groups is 1.